The molecule has 0 aliphatic carbocycles. The van der Waals surface area contributed by atoms with Crippen molar-refractivity contribution in [1.82, 2.24) is 9.55 Å². The van der Waals surface area contributed by atoms with E-state index in [1.54, 1.807) is 0 Å². The molecule has 0 saturated carbocycles. The molecule has 1 aromatic rings. The number of anilines is 1. The number of hydrogen-bond donors (Lipinski definition) is 0. The third-order valence-corrected chi connectivity index (χ3v) is 3.89. The van der Waals surface area contributed by atoms with Crippen LogP contribution in [0.25, 0.3) is 0 Å². The van der Waals surface area contributed by atoms with Gasteiger partial charge >= 0.3 is 0 Å². The second-order valence-electron chi connectivity index (χ2n) is 4.03. The van der Waals surface area contributed by atoms with Crippen molar-refractivity contribution in [3.8, 4) is 0 Å². The quantitative estimate of drug-likeness (QED) is 0.772. The molecule has 1 aliphatic heterocycles. The van der Waals surface area contributed by atoms with E-state index in [0.29, 0.717) is 4.83 Å². The van der Waals surface area contributed by atoms with Gasteiger partial charge in [0.1, 0.15) is 0 Å². The minimum atomic E-state index is 0.688. The summed E-state index contributed by atoms with van der Waals surface area (Å²) in [5.41, 5.74) is 0. The first-order valence-corrected chi connectivity index (χ1v) is 6.63. The van der Waals surface area contributed by atoms with Gasteiger partial charge in [-0.25, -0.2) is 4.98 Å². The van der Waals surface area contributed by atoms with Crippen LogP contribution in [0.5, 0.6) is 0 Å². The lowest BCUT2D eigenvalue weighted by molar-refractivity contribution is 0.692. The highest BCUT2D eigenvalue weighted by atomic mass is 79.9. The highest BCUT2D eigenvalue weighted by Crippen LogP contribution is 2.21. The Bertz CT molecular complexity index is 311. The smallest absolute Gasteiger partial charge is 0.205 e. The molecule has 2 rings (SSSR count). The minimum Gasteiger partial charge on any atom is -0.342 e. The third-order valence-electron chi connectivity index (χ3n) is 2.97. The zero-order valence-corrected chi connectivity index (χ0v) is 10.8. The topological polar surface area (TPSA) is 21.1 Å². The second-order valence-corrected chi connectivity index (χ2v) is 5.32. The Labute approximate surface area is 99.6 Å². The van der Waals surface area contributed by atoms with E-state index in [9.17, 15) is 0 Å². The van der Waals surface area contributed by atoms with E-state index in [-0.39, 0.29) is 0 Å². The van der Waals surface area contributed by atoms with Crippen LogP contribution in [0.3, 0.4) is 0 Å². The molecule has 1 fully saturated rings. The fourth-order valence-corrected chi connectivity index (χ4v) is 2.62. The lowest BCUT2D eigenvalue weighted by atomic mass is 10.2. The number of nitrogens with zero attached hydrogens (tertiary/aromatic N) is 3. The molecule has 1 saturated heterocycles. The number of alkyl halides is 1. The summed E-state index contributed by atoms with van der Waals surface area (Å²) in [6.07, 6.45) is 7.72. The monoisotopic (exact) mass is 271 g/mol. The van der Waals surface area contributed by atoms with Crippen molar-refractivity contribution in [3.63, 3.8) is 0 Å². The molecule has 1 aromatic heterocycles. The maximum Gasteiger partial charge on any atom is 0.205 e. The molecule has 0 spiro atoms. The Hall–Kier alpha value is -0.510. The molecule has 0 aromatic carbocycles. The lowest BCUT2D eigenvalue weighted by Gasteiger charge is -2.22. The van der Waals surface area contributed by atoms with Crippen LogP contribution in [0.15, 0.2) is 12.4 Å². The molecule has 0 N–H and O–H groups in total. The fourth-order valence-electron chi connectivity index (χ4n) is 2.09. The van der Waals surface area contributed by atoms with Gasteiger partial charge in [-0.05, 0) is 26.2 Å². The molecule has 1 aliphatic rings. The summed E-state index contributed by atoms with van der Waals surface area (Å²) >= 11 is 3.71. The van der Waals surface area contributed by atoms with Gasteiger partial charge in [0, 0.05) is 36.9 Å². The summed E-state index contributed by atoms with van der Waals surface area (Å²) in [7, 11) is 0. The molecule has 4 heteroatoms. The lowest BCUT2D eigenvalue weighted by Crippen LogP contribution is -2.27. The molecular formula is C11H18BrN3. The highest BCUT2D eigenvalue weighted by molar-refractivity contribution is 9.09. The van der Waals surface area contributed by atoms with Gasteiger partial charge in [0.05, 0.1) is 0 Å². The van der Waals surface area contributed by atoms with Crippen LogP contribution >= 0.6 is 15.9 Å². The average molecular weight is 272 g/mol. The molecule has 2 heterocycles. The van der Waals surface area contributed by atoms with Crippen molar-refractivity contribution >= 4 is 21.9 Å². The van der Waals surface area contributed by atoms with Crippen molar-refractivity contribution in [2.75, 3.05) is 18.0 Å². The van der Waals surface area contributed by atoms with E-state index in [0.717, 1.165) is 25.6 Å². The molecule has 0 bridgehead atoms. The molecule has 1 unspecified atom stereocenters. The first-order valence-electron chi connectivity index (χ1n) is 5.71. The van der Waals surface area contributed by atoms with E-state index in [1.165, 1.54) is 19.3 Å². The fraction of sp³-hybridized carbons (Fsp3) is 0.727. The summed E-state index contributed by atoms with van der Waals surface area (Å²) < 4.78 is 2.22. The van der Waals surface area contributed by atoms with Gasteiger partial charge in [0.25, 0.3) is 0 Å². The molecule has 15 heavy (non-hydrogen) atoms. The van der Waals surface area contributed by atoms with Crippen LogP contribution in [0.4, 0.5) is 5.95 Å². The average Bonchev–Trinajstić information content (AvgIpc) is 2.61. The molecule has 84 valence electrons. The second kappa shape index (κ2) is 5.01. The van der Waals surface area contributed by atoms with Gasteiger partial charge in [0.15, 0.2) is 0 Å². The van der Waals surface area contributed by atoms with E-state index in [1.807, 2.05) is 6.20 Å². The van der Waals surface area contributed by atoms with E-state index >= 15 is 0 Å². The predicted octanol–water partition coefficient (Wildman–Crippen LogP) is 2.66. The van der Waals surface area contributed by atoms with E-state index < -0.39 is 0 Å². The van der Waals surface area contributed by atoms with Crippen LogP contribution in [-0.4, -0.2) is 27.5 Å². The summed E-state index contributed by atoms with van der Waals surface area (Å²) in [5.74, 6) is 1.14. The molecule has 0 amide bonds. The van der Waals surface area contributed by atoms with Crippen LogP contribution in [0.1, 0.15) is 26.2 Å². The van der Waals surface area contributed by atoms with Crippen LogP contribution in [0.2, 0.25) is 0 Å². The van der Waals surface area contributed by atoms with Gasteiger partial charge in [-0.15, -0.1) is 0 Å². The first kappa shape index (κ1) is 11.0. The number of aromatic nitrogens is 2. The number of halogens is 1. The number of hydrogen-bond acceptors (Lipinski definition) is 2. The predicted molar refractivity (Wildman–Crippen MR) is 66.7 cm³/mol. The summed E-state index contributed by atoms with van der Waals surface area (Å²) in [6.45, 7) is 5.42. The number of aryl methyl sites for hydroxylation is 1. The van der Waals surface area contributed by atoms with Gasteiger partial charge in [0.2, 0.25) is 5.95 Å². The molecule has 0 radical (unpaired) electrons. The molecule has 1 atom stereocenters. The largest absolute Gasteiger partial charge is 0.342 e. The summed E-state index contributed by atoms with van der Waals surface area (Å²) in [4.78, 5) is 7.55. The van der Waals surface area contributed by atoms with Crippen LogP contribution < -0.4 is 4.90 Å². The van der Waals surface area contributed by atoms with Crippen LogP contribution in [0, 0.1) is 0 Å². The van der Waals surface area contributed by atoms with Crippen molar-refractivity contribution < 1.29 is 0 Å². The Morgan fingerprint density at radius 2 is 2.33 bits per heavy atom. The summed E-state index contributed by atoms with van der Waals surface area (Å²) in [6, 6.07) is 0. The molecule has 3 nitrogen and oxygen atoms in total. The SMILES string of the molecule is CCn1ccnc1N1CCCC(Br)CC1. The van der Waals surface area contributed by atoms with Crippen molar-refractivity contribution in [2.45, 2.75) is 37.6 Å². The van der Waals surface area contributed by atoms with Crippen molar-refractivity contribution in [2.24, 2.45) is 0 Å². The zero-order chi connectivity index (χ0) is 10.7. The normalized spacial score (nSPS) is 22.8. The van der Waals surface area contributed by atoms with Gasteiger partial charge < -0.3 is 9.47 Å². The number of imidazole rings is 1. The molecular weight excluding hydrogens is 254 g/mol. The van der Waals surface area contributed by atoms with Crippen molar-refractivity contribution in [3.05, 3.63) is 12.4 Å². The first-order chi connectivity index (χ1) is 7.31. The minimum absolute atomic E-state index is 0.688. The maximum atomic E-state index is 4.45. The van der Waals surface area contributed by atoms with Crippen LogP contribution in [-0.2, 0) is 6.54 Å². The zero-order valence-electron chi connectivity index (χ0n) is 9.19. The number of rotatable bonds is 2. The van der Waals surface area contributed by atoms with E-state index in [2.05, 4.69) is 43.5 Å². The third kappa shape index (κ3) is 2.54. The maximum absolute atomic E-state index is 4.45. The van der Waals surface area contributed by atoms with Gasteiger partial charge in [-0.1, -0.05) is 15.9 Å². The Kier molecular flexibility index (Phi) is 3.67. The van der Waals surface area contributed by atoms with E-state index in [4.69, 9.17) is 0 Å². The van der Waals surface area contributed by atoms with Crippen molar-refractivity contribution in [1.29, 1.82) is 0 Å². The van der Waals surface area contributed by atoms with Gasteiger partial charge in [-0.3, -0.25) is 0 Å². The van der Waals surface area contributed by atoms with Gasteiger partial charge in [-0.2, -0.15) is 0 Å². The standard InChI is InChI=1S/C11H18BrN3/c1-2-14-9-6-13-11(14)15-7-3-4-10(12)5-8-15/h6,9-10H,2-5,7-8H2,1H3. The Morgan fingerprint density at radius 1 is 1.47 bits per heavy atom. The highest BCUT2D eigenvalue weighted by Gasteiger charge is 2.17. The summed E-state index contributed by atoms with van der Waals surface area (Å²) in [5, 5.41) is 0. The Balaban J connectivity index is 2.09. The Morgan fingerprint density at radius 3 is 3.13 bits per heavy atom.